The molecule has 0 aromatic rings. The van der Waals surface area contributed by atoms with Crippen molar-refractivity contribution < 1.29 is 13.2 Å². The molecule has 0 radical (unpaired) electrons. The monoisotopic (exact) mass is 235 g/mol. The van der Waals surface area contributed by atoms with Crippen molar-refractivity contribution in [3.05, 3.63) is 27.8 Å². The van der Waals surface area contributed by atoms with E-state index in [-0.39, 0.29) is 6.42 Å². The van der Waals surface area contributed by atoms with Crippen molar-refractivity contribution in [2.75, 3.05) is 0 Å². The highest BCUT2D eigenvalue weighted by Gasteiger charge is 2.35. The van der Waals surface area contributed by atoms with E-state index in [1.807, 2.05) is 6.92 Å². The van der Waals surface area contributed by atoms with Gasteiger partial charge < -0.3 is 0 Å². The van der Waals surface area contributed by atoms with E-state index >= 15 is 0 Å². The maximum Gasteiger partial charge on any atom is 0.414 e. The summed E-state index contributed by atoms with van der Waals surface area (Å²) in [7, 11) is 0. The molecule has 0 aromatic carbocycles. The molecule has 0 aromatic heterocycles. The van der Waals surface area contributed by atoms with Gasteiger partial charge in [-0.15, -0.1) is 4.91 Å². The van der Waals surface area contributed by atoms with E-state index in [0.717, 1.165) is 12.0 Å². The van der Waals surface area contributed by atoms with Gasteiger partial charge in [0.15, 0.2) is 0 Å². The molecule has 0 saturated heterocycles. The van der Waals surface area contributed by atoms with E-state index in [9.17, 15) is 18.1 Å². The van der Waals surface area contributed by atoms with Crippen molar-refractivity contribution in [3.63, 3.8) is 0 Å². The molecular weight excluding hydrogens is 219 g/mol. The smallest absolute Gasteiger partial charge is 0.166 e. The highest BCUT2D eigenvalue weighted by Crippen LogP contribution is 2.32. The van der Waals surface area contributed by atoms with Gasteiger partial charge in [0.25, 0.3) is 0 Å². The average molecular weight is 235 g/mol. The van der Waals surface area contributed by atoms with Crippen molar-refractivity contribution >= 4 is 0 Å². The molecule has 2 nitrogen and oxygen atoms in total. The Kier molecular flexibility index (Phi) is 6.00. The molecule has 0 aliphatic carbocycles. The van der Waals surface area contributed by atoms with Crippen LogP contribution in [-0.2, 0) is 0 Å². The third kappa shape index (κ3) is 4.59. The van der Waals surface area contributed by atoms with Gasteiger partial charge >= 0.3 is 6.18 Å². The lowest BCUT2D eigenvalue weighted by atomic mass is 10.1. The zero-order valence-corrected chi connectivity index (χ0v) is 9.69. The van der Waals surface area contributed by atoms with Gasteiger partial charge in [-0.2, -0.15) is 13.2 Å². The summed E-state index contributed by atoms with van der Waals surface area (Å²) in [5.41, 5.74) is -0.633. The molecule has 16 heavy (non-hydrogen) atoms. The molecule has 0 atom stereocenters. The first-order chi connectivity index (χ1) is 7.36. The Morgan fingerprint density at radius 1 is 1.31 bits per heavy atom. The molecule has 0 saturated carbocycles. The standard InChI is InChI=1S/C11H16F3NO/c1-4-6-8(3)7-10(15-16)9(5-2)11(12,13)14/h7H,4-6H2,1-3H3/b8-7+,10-9-. The minimum absolute atomic E-state index is 0.250. The number of hydrogen-bond acceptors (Lipinski definition) is 2. The van der Waals surface area contributed by atoms with E-state index in [0.29, 0.717) is 6.42 Å². The summed E-state index contributed by atoms with van der Waals surface area (Å²) in [6.45, 7) is 4.97. The summed E-state index contributed by atoms with van der Waals surface area (Å²) >= 11 is 0. The van der Waals surface area contributed by atoms with Crippen LogP contribution in [0.2, 0.25) is 0 Å². The summed E-state index contributed by atoms with van der Waals surface area (Å²) in [5, 5.41) is 2.48. The minimum atomic E-state index is -4.49. The van der Waals surface area contributed by atoms with Crippen LogP contribution in [-0.4, -0.2) is 6.18 Å². The van der Waals surface area contributed by atoms with Crippen LogP contribution >= 0.6 is 0 Å². The fourth-order valence-electron chi connectivity index (χ4n) is 1.40. The molecule has 0 unspecified atom stereocenters. The third-order valence-corrected chi connectivity index (χ3v) is 2.13. The lowest BCUT2D eigenvalue weighted by molar-refractivity contribution is -0.0942. The fraction of sp³-hybridized carbons (Fsp3) is 0.636. The second-order valence-electron chi connectivity index (χ2n) is 3.55. The number of hydrogen-bond donors (Lipinski definition) is 0. The molecule has 0 N–H and O–H groups in total. The van der Waals surface area contributed by atoms with Crippen LogP contribution in [0.5, 0.6) is 0 Å². The summed E-state index contributed by atoms with van der Waals surface area (Å²) < 4.78 is 37.5. The summed E-state index contributed by atoms with van der Waals surface area (Å²) in [6, 6.07) is 0. The largest absolute Gasteiger partial charge is 0.414 e. The van der Waals surface area contributed by atoms with Crippen molar-refractivity contribution in [2.24, 2.45) is 5.18 Å². The highest BCUT2D eigenvalue weighted by atomic mass is 19.4. The Labute approximate surface area is 93.2 Å². The molecule has 0 bridgehead atoms. The predicted molar refractivity (Wildman–Crippen MR) is 57.8 cm³/mol. The number of alkyl halides is 3. The van der Waals surface area contributed by atoms with Gasteiger partial charge in [0, 0.05) is 0 Å². The van der Waals surface area contributed by atoms with Gasteiger partial charge in [0.1, 0.15) is 5.70 Å². The molecule has 0 rings (SSSR count). The first-order valence-electron chi connectivity index (χ1n) is 5.17. The van der Waals surface area contributed by atoms with Crippen LogP contribution in [0.25, 0.3) is 0 Å². The predicted octanol–water partition coefficient (Wildman–Crippen LogP) is 4.73. The summed E-state index contributed by atoms with van der Waals surface area (Å²) in [6.07, 6.45) is -2.03. The first-order valence-corrected chi connectivity index (χ1v) is 5.17. The molecule has 0 aliphatic heterocycles. The van der Waals surface area contributed by atoms with Gasteiger partial charge in [-0.05, 0) is 31.0 Å². The lowest BCUT2D eigenvalue weighted by Gasteiger charge is -2.10. The Morgan fingerprint density at radius 3 is 2.19 bits per heavy atom. The molecule has 0 spiro atoms. The normalized spacial score (nSPS) is 14.8. The molecule has 0 aliphatic rings. The van der Waals surface area contributed by atoms with Gasteiger partial charge in [-0.1, -0.05) is 25.8 Å². The topological polar surface area (TPSA) is 29.4 Å². The van der Waals surface area contributed by atoms with Crippen LogP contribution in [0, 0.1) is 4.91 Å². The zero-order chi connectivity index (χ0) is 12.8. The van der Waals surface area contributed by atoms with Crippen LogP contribution in [0.3, 0.4) is 0 Å². The van der Waals surface area contributed by atoms with Crippen LogP contribution < -0.4 is 0 Å². The maximum atomic E-state index is 12.5. The van der Waals surface area contributed by atoms with Crippen LogP contribution in [0.1, 0.15) is 40.0 Å². The van der Waals surface area contributed by atoms with E-state index in [4.69, 9.17) is 0 Å². The Balaban J connectivity index is 5.29. The van der Waals surface area contributed by atoms with Gasteiger partial charge in [-0.25, -0.2) is 0 Å². The van der Waals surface area contributed by atoms with E-state index < -0.39 is 17.4 Å². The van der Waals surface area contributed by atoms with Gasteiger partial charge in [0.05, 0.1) is 5.57 Å². The quantitative estimate of drug-likeness (QED) is 0.500. The minimum Gasteiger partial charge on any atom is -0.166 e. The van der Waals surface area contributed by atoms with Crippen LogP contribution in [0.4, 0.5) is 13.2 Å². The summed E-state index contributed by atoms with van der Waals surface area (Å²) in [5.74, 6) is 0. The van der Waals surface area contributed by atoms with Crippen molar-refractivity contribution in [2.45, 2.75) is 46.2 Å². The van der Waals surface area contributed by atoms with Crippen molar-refractivity contribution in [1.82, 2.24) is 0 Å². The lowest BCUT2D eigenvalue weighted by Crippen LogP contribution is -2.13. The van der Waals surface area contributed by atoms with Crippen molar-refractivity contribution in [1.29, 1.82) is 0 Å². The van der Waals surface area contributed by atoms with Crippen molar-refractivity contribution in [3.8, 4) is 0 Å². The highest BCUT2D eigenvalue weighted by molar-refractivity contribution is 5.30. The molecular formula is C11H16F3NO. The fourth-order valence-corrected chi connectivity index (χ4v) is 1.40. The third-order valence-electron chi connectivity index (χ3n) is 2.13. The number of nitroso groups, excluding NO2 is 1. The molecule has 0 heterocycles. The molecule has 0 amide bonds. The Hall–Kier alpha value is -1.13. The molecule has 5 heteroatoms. The second-order valence-corrected chi connectivity index (χ2v) is 3.55. The number of halogens is 3. The average Bonchev–Trinajstić information content (AvgIpc) is 2.15. The van der Waals surface area contributed by atoms with Gasteiger partial charge in [-0.3, -0.25) is 0 Å². The number of nitrogens with zero attached hydrogens (tertiary/aromatic N) is 1. The summed E-state index contributed by atoms with van der Waals surface area (Å²) in [4.78, 5) is 10.4. The van der Waals surface area contributed by atoms with E-state index in [2.05, 4.69) is 5.18 Å². The maximum absolute atomic E-state index is 12.5. The van der Waals surface area contributed by atoms with Crippen LogP contribution in [0.15, 0.2) is 28.1 Å². The SMILES string of the molecule is CCC/C(C)=C/C(N=O)=C(\CC)C(F)(F)F. The second kappa shape index (κ2) is 6.45. The molecule has 0 fully saturated rings. The molecule has 92 valence electrons. The van der Waals surface area contributed by atoms with E-state index in [1.165, 1.54) is 13.0 Å². The Morgan fingerprint density at radius 2 is 1.88 bits per heavy atom. The number of allylic oxidation sites excluding steroid dienone is 3. The van der Waals surface area contributed by atoms with E-state index in [1.54, 1.807) is 6.92 Å². The van der Waals surface area contributed by atoms with Gasteiger partial charge in [0.2, 0.25) is 0 Å². The Bertz CT molecular complexity index is 303. The zero-order valence-electron chi connectivity index (χ0n) is 9.69. The number of rotatable bonds is 5. The first kappa shape index (κ1) is 14.9.